The summed E-state index contributed by atoms with van der Waals surface area (Å²) in [5.74, 6) is -0.0946. The molecule has 1 heterocycles. The van der Waals surface area contributed by atoms with Crippen LogP contribution < -0.4 is 10.5 Å². The molecule has 0 aliphatic heterocycles. The van der Waals surface area contributed by atoms with Crippen LogP contribution in [0, 0.1) is 13.8 Å². The van der Waals surface area contributed by atoms with Gasteiger partial charge < -0.3 is 5.73 Å². The summed E-state index contributed by atoms with van der Waals surface area (Å²) in [6.45, 7) is 3.42. The van der Waals surface area contributed by atoms with Crippen LogP contribution in [0.3, 0.4) is 0 Å². The van der Waals surface area contributed by atoms with Gasteiger partial charge in [0.15, 0.2) is 0 Å². The first-order valence-electron chi connectivity index (χ1n) is 5.44. The number of nitrogens with zero attached hydrogens (tertiary/aromatic N) is 3. The molecule has 0 saturated carbocycles. The van der Waals surface area contributed by atoms with E-state index in [2.05, 4.69) is 19.9 Å². The lowest BCUT2D eigenvalue weighted by Crippen LogP contribution is -2.18. The lowest BCUT2D eigenvalue weighted by molar-refractivity contribution is 0.600. The Balaban J connectivity index is 2.49. The van der Waals surface area contributed by atoms with Crippen molar-refractivity contribution in [1.82, 2.24) is 15.2 Å². The van der Waals surface area contributed by atoms with Crippen LogP contribution in [0.2, 0.25) is 0 Å². The molecule has 19 heavy (non-hydrogen) atoms. The molecule has 0 unspecified atom stereocenters. The Morgan fingerprint density at radius 2 is 1.84 bits per heavy atom. The predicted octanol–water partition coefficient (Wildman–Crippen LogP) is 0.871. The van der Waals surface area contributed by atoms with Crippen LogP contribution in [0.15, 0.2) is 29.4 Å². The standard InChI is InChI=1S/C11H13N5O2S/c1-7-3-4-8(2)10(9(7)12)19(17,18)16-11-13-5-6-14-15-11/h3-6H,12H2,1-2H3,(H,13,15,16). The molecule has 7 nitrogen and oxygen atoms in total. The van der Waals surface area contributed by atoms with Crippen LogP contribution in [-0.4, -0.2) is 23.6 Å². The van der Waals surface area contributed by atoms with E-state index < -0.39 is 10.0 Å². The highest BCUT2D eigenvalue weighted by Gasteiger charge is 2.22. The molecule has 100 valence electrons. The summed E-state index contributed by atoms with van der Waals surface area (Å²) in [4.78, 5) is 3.81. The Labute approximate surface area is 110 Å². The molecule has 0 bridgehead atoms. The number of nitrogens with one attached hydrogen (secondary N) is 1. The first-order valence-corrected chi connectivity index (χ1v) is 6.92. The second-order valence-corrected chi connectivity index (χ2v) is 5.63. The number of anilines is 2. The first-order chi connectivity index (χ1) is 8.92. The van der Waals surface area contributed by atoms with E-state index >= 15 is 0 Å². The normalized spacial score (nSPS) is 11.3. The minimum Gasteiger partial charge on any atom is -0.397 e. The Morgan fingerprint density at radius 3 is 2.47 bits per heavy atom. The summed E-state index contributed by atoms with van der Waals surface area (Å²) in [6, 6.07) is 3.47. The number of sulfonamides is 1. The molecular formula is C11H13N5O2S. The van der Waals surface area contributed by atoms with Gasteiger partial charge in [-0.05, 0) is 25.0 Å². The Kier molecular flexibility index (Phi) is 3.34. The third-order valence-corrected chi connectivity index (χ3v) is 4.12. The van der Waals surface area contributed by atoms with Crippen molar-refractivity contribution < 1.29 is 8.42 Å². The molecule has 1 aromatic heterocycles. The summed E-state index contributed by atoms with van der Waals surface area (Å²) in [7, 11) is -3.84. The summed E-state index contributed by atoms with van der Waals surface area (Å²) >= 11 is 0. The number of hydrogen-bond acceptors (Lipinski definition) is 6. The number of nitrogen functional groups attached to an aromatic ring is 1. The summed E-state index contributed by atoms with van der Waals surface area (Å²) in [5.41, 5.74) is 7.31. The Hall–Kier alpha value is -2.22. The minimum atomic E-state index is -3.84. The maximum atomic E-state index is 12.3. The average Bonchev–Trinajstić information content (AvgIpc) is 2.35. The summed E-state index contributed by atoms with van der Waals surface area (Å²) in [5, 5.41) is 7.13. The zero-order valence-electron chi connectivity index (χ0n) is 10.5. The van der Waals surface area contributed by atoms with E-state index in [0.29, 0.717) is 11.1 Å². The molecule has 2 rings (SSSR count). The molecule has 0 amide bonds. The number of rotatable bonds is 3. The molecule has 0 aliphatic rings. The van der Waals surface area contributed by atoms with Gasteiger partial charge in [0.2, 0.25) is 0 Å². The molecule has 8 heteroatoms. The van der Waals surface area contributed by atoms with Gasteiger partial charge in [0.1, 0.15) is 4.90 Å². The van der Waals surface area contributed by atoms with E-state index in [9.17, 15) is 8.42 Å². The van der Waals surface area contributed by atoms with Crippen LogP contribution in [0.25, 0.3) is 0 Å². The van der Waals surface area contributed by atoms with Gasteiger partial charge in [-0.15, -0.1) is 5.10 Å². The van der Waals surface area contributed by atoms with Crippen molar-refractivity contribution in [3.8, 4) is 0 Å². The van der Waals surface area contributed by atoms with Crippen LogP contribution in [0.4, 0.5) is 11.6 Å². The highest BCUT2D eigenvalue weighted by atomic mass is 32.2. The first kappa shape index (κ1) is 13.2. The van der Waals surface area contributed by atoms with E-state index in [1.807, 2.05) is 0 Å². The maximum Gasteiger partial charge on any atom is 0.266 e. The topological polar surface area (TPSA) is 111 Å². The van der Waals surface area contributed by atoms with Crippen LogP contribution in [0.1, 0.15) is 11.1 Å². The zero-order valence-corrected chi connectivity index (χ0v) is 11.3. The molecule has 0 aliphatic carbocycles. The Morgan fingerprint density at radius 1 is 1.16 bits per heavy atom. The lowest BCUT2D eigenvalue weighted by Gasteiger charge is -2.12. The maximum absolute atomic E-state index is 12.3. The molecule has 2 aromatic rings. The van der Waals surface area contributed by atoms with E-state index in [4.69, 9.17) is 5.73 Å². The van der Waals surface area contributed by atoms with Gasteiger partial charge in [-0.2, -0.15) is 5.10 Å². The van der Waals surface area contributed by atoms with E-state index in [-0.39, 0.29) is 16.5 Å². The molecule has 0 spiro atoms. The van der Waals surface area contributed by atoms with Gasteiger partial charge >= 0.3 is 0 Å². The SMILES string of the molecule is Cc1ccc(C)c(S(=O)(=O)Nc2nccnn2)c1N. The van der Waals surface area contributed by atoms with Gasteiger partial charge in [0.25, 0.3) is 16.0 Å². The van der Waals surface area contributed by atoms with E-state index in [1.54, 1.807) is 26.0 Å². The number of hydrogen-bond donors (Lipinski definition) is 2. The van der Waals surface area contributed by atoms with Crippen LogP contribution in [0.5, 0.6) is 0 Å². The molecule has 0 saturated heterocycles. The fourth-order valence-corrected chi connectivity index (χ4v) is 3.01. The Bertz CT molecular complexity index is 701. The molecule has 3 N–H and O–H groups in total. The van der Waals surface area contributed by atoms with Crippen molar-refractivity contribution in [3.05, 3.63) is 35.7 Å². The van der Waals surface area contributed by atoms with Crippen LogP contribution >= 0.6 is 0 Å². The number of nitrogens with two attached hydrogens (primary N) is 1. The van der Waals surface area contributed by atoms with Crippen molar-refractivity contribution in [1.29, 1.82) is 0 Å². The van der Waals surface area contributed by atoms with Crippen molar-refractivity contribution >= 4 is 21.7 Å². The number of benzene rings is 1. The minimum absolute atomic E-state index is 0.0416. The van der Waals surface area contributed by atoms with Gasteiger partial charge in [0, 0.05) is 0 Å². The molecular weight excluding hydrogens is 266 g/mol. The molecule has 0 atom stereocenters. The fraction of sp³-hybridized carbons (Fsp3) is 0.182. The van der Waals surface area contributed by atoms with Crippen molar-refractivity contribution in [2.45, 2.75) is 18.7 Å². The van der Waals surface area contributed by atoms with Gasteiger partial charge in [0.05, 0.1) is 18.1 Å². The number of aromatic nitrogens is 3. The summed E-state index contributed by atoms with van der Waals surface area (Å²) in [6.07, 6.45) is 2.70. The van der Waals surface area contributed by atoms with E-state index in [0.717, 1.165) is 0 Å². The number of aryl methyl sites for hydroxylation is 2. The van der Waals surface area contributed by atoms with Crippen molar-refractivity contribution in [2.75, 3.05) is 10.5 Å². The third-order valence-electron chi connectivity index (χ3n) is 2.59. The smallest absolute Gasteiger partial charge is 0.266 e. The largest absolute Gasteiger partial charge is 0.397 e. The summed E-state index contributed by atoms with van der Waals surface area (Å²) < 4.78 is 26.8. The fourth-order valence-electron chi connectivity index (χ4n) is 1.63. The zero-order chi connectivity index (χ0) is 14.0. The van der Waals surface area contributed by atoms with Crippen LogP contribution in [-0.2, 0) is 10.0 Å². The van der Waals surface area contributed by atoms with Gasteiger partial charge in [-0.3, -0.25) is 0 Å². The lowest BCUT2D eigenvalue weighted by atomic mass is 10.1. The highest BCUT2D eigenvalue weighted by Crippen LogP contribution is 2.26. The third kappa shape index (κ3) is 2.63. The van der Waals surface area contributed by atoms with Gasteiger partial charge in [-0.1, -0.05) is 12.1 Å². The van der Waals surface area contributed by atoms with Crippen molar-refractivity contribution in [2.24, 2.45) is 0 Å². The molecule has 0 fully saturated rings. The second-order valence-electron chi connectivity index (χ2n) is 4.01. The van der Waals surface area contributed by atoms with Crippen molar-refractivity contribution in [3.63, 3.8) is 0 Å². The van der Waals surface area contributed by atoms with E-state index in [1.165, 1.54) is 12.4 Å². The molecule has 1 aromatic carbocycles. The monoisotopic (exact) mass is 279 g/mol. The second kappa shape index (κ2) is 4.81. The average molecular weight is 279 g/mol. The van der Waals surface area contributed by atoms with Gasteiger partial charge in [-0.25, -0.2) is 18.1 Å². The molecule has 0 radical (unpaired) electrons. The quantitative estimate of drug-likeness (QED) is 0.806. The predicted molar refractivity (Wildman–Crippen MR) is 71.0 cm³/mol. The highest BCUT2D eigenvalue weighted by molar-refractivity contribution is 7.93.